The van der Waals surface area contributed by atoms with Crippen LogP contribution in [0.2, 0.25) is 0 Å². The predicted molar refractivity (Wildman–Crippen MR) is 79.3 cm³/mol. The quantitative estimate of drug-likeness (QED) is 0.529. The number of hydrazone groups is 1. The highest BCUT2D eigenvalue weighted by Crippen LogP contribution is 2.12. The van der Waals surface area contributed by atoms with Crippen molar-refractivity contribution in [2.75, 3.05) is 0 Å². The Hall–Kier alpha value is -3.53. The molecule has 2 aromatic carbocycles. The number of rotatable bonds is 4. The molecule has 0 saturated carbocycles. The number of nitrogens with one attached hydrogen (secondary N) is 1. The number of carbonyl (C=O) groups is 1. The van der Waals surface area contributed by atoms with Crippen molar-refractivity contribution in [1.82, 2.24) is 5.43 Å². The van der Waals surface area contributed by atoms with Crippen molar-refractivity contribution in [1.29, 1.82) is 5.26 Å². The van der Waals surface area contributed by atoms with Gasteiger partial charge < -0.3 is 0 Å². The van der Waals surface area contributed by atoms with E-state index in [1.165, 1.54) is 30.5 Å². The Labute approximate surface area is 125 Å². The van der Waals surface area contributed by atoms with Gasteiger partial charge in [0.25, 0.3) is 11.6 Å². The number of nitro benzene ring substituents is 1. The Morgan fingerprint density at radius 3 is 2.64 bits per heavy atom. The number of amides is 1. The first kappa shape index (κ1) is 14.9. The fourth-order valence-corrected chi connectivity index (χ4v) is 1.63. The van der Waals surface area contributed by atoms with Crippen molar-refractivity contribution in [3.63, 3.8) is 0 Å². The minimum atomic E-state index is -0.573. The first-order valence-corrected chi connectivity index (χ1v) is 6.18. The SMILES string of the molecule is N#Cc1ccc(/C=N/NC(=O)c2cccc([N+](=O)[O-])c2)cc1. The third-order valence-electron chi connectivity index (χ3n) is 2.74. The van der Waals surface area contributed by atoms with Gasteiger partial charge in [0.2, 0.25) is 0 Å². The number of hydrogen-bond donors (Lipinski definition) is 1. The topological polar surface area (TPSA) is 108 Å². The van der Waals surface area contributed by atoms with Crippen molar-refractivity contribution >= 4 is 17.8 Å². The van der Waals surface area contributed by atoms with Crippen LogP contribution in [0.25, 0.3) is 0 Å². The minimum absolute atomic E-state index is 0.145. The van der Waals surface area contributed by atoms with Crippen molar-refractivity contribution in [2.24, 2.45) is 5.10 Å². The predicted octanol–water partition coefficient (Wildman–Crippen LogP) is 2.23. The summed E-state index contributed by atoms with van der Waals surface area (Å²) in [7, 11) is 0. The van der Waals surface area contributed by atoms with Gasteiger partial charge >= 0.3 is 0 Å². The first-order chi connectivity index (χ1) is 10.6. The van der Waals surface area contributed by atoms with E-state index in [1.54, 1.807) is 24.3 Å². The van der Waals surface area contributed by atoms with Gasteiger partial charge in [-0.05, 0) is 23.8 Å². The van der Waals surface area contributed by atoms with Gasteiger partial charge in [-0.1, -0.05) is 18.2 Å². The Balaban J connectivity index is 2.03. The van der Waals surface area contributed by atoms with E-state index >= 15 is 0 Å². The van der Waals surface area contributed by atoms with E-state index < -0.39 is 10.8 Å². The highest BCUT2D eigenvalue weighted by atomic mass is 16.6. The van der Waals surface area contributed by atoms with Gasteiger partial charge in [-0.3, -0.25) is 14.9 Å². The molecule has 108 valence electrons. The molecule has 0 heterocycles. The van der Waals surface area contributed by atoms with Crippen LogP contribution in [0.15, 0.2) is 53.6 Å². The molecule has 7 heteroatoms. The molecular weight excluding hydrogens is 284 g/mol. The van der Waals surface area contributed by atoms with E-state index in [4.69, 9.17) is 5.26 Å². The van der Waals surface area contributed by atoms with Crippen LogP contribution in [0, 0.1) is 21.4 Å². The standard InChI is InChI=1S/C15H10N4O3/c16-9-11-4-6-12(7-5-11)10-17-18-15(20)13-2-1-3-14(8-13)19(21)22/h1-8,10H,(H,18,20)/b17-10+. The molecule has 0 radical (unpaired) electrons. The van der Waals surface area contributed by atoms with Gasteiger partial charge in [0.1, 0.15) is 0 Å². The molecule has 0 aliphatic rings. The van der Waals surface area contributed by atoms with Crippen LogP contribution in [0.3, 0.4) is 0 Å². The Bertz CT molecular complexity index is 776. The number of nitrogens with zero attached hydrogens (tertiary/aromatic N) is 3. The average Bonchev–Trinajstić information content (AvgIpc) is 2.55. The van der Waals surface area contributed by atoms with Crippen LogP contribution >= 0.6 is 0 Å². The molecule has 0 spiro atoms. The van der Waals surface area contributed by atoms with Crippen LogP contribution < -0.4 is 5.43 Å². The Morgan fingerprint density at radius 2 is 2.00 bits per heavy atom. The summed E-state index contributed by atoms with van der Waals surface area (Å²) in [6.07, 6.45) is 1.41. The summed E-state index contributed by atoms with van der Waals surface area (Å²) in [6, 6.07) is 14.0. The van der Waals surface area contributed by atoms with Gasteiger partial charge in [0.05, 0.1) is 22.8 Å². The lowest BCUT2D eigenvalue weighted by Crippen LogP contribution is -2.17. The summed E-state index contributed by atoms with van der Waals surface area (Å²) in [5, 5.41) is 23.1. The molecule has 7 nitrogen and oxygen atoms in total. The monoisotopic (exact) mass is 294 g/mol. The summed E-state index contributed by atoms with van der Waals surface area (Å²) >= 11 is 0. The van der Waals surface area contributed by atoms with Crippen molar-refractivity contribution in [3.05, 3.63) is 75.3 Å². The maximum atomic E-state index is 11.8. The van der Waals surface area contributed by atoms with Crippen molar-refractivity contribution in [3.8, 4) is 6.07 Å². The largest absolute Gasteiger partial charge is 0.271 e. The average molecular weight is 294 g/mol. The molecule has 0 aliphatic carbocycles. The van der Waals surface area contributed by atoms with Crippen LogP contribution in [0.1, 0.15) is 21.5 Å². The molecule has 2 aromatic rings. The zero-order valence-electron chi connectivity index (χ0n) is 11.3. The summed E-state index contributed by atoms with van der Waals surface area (Å²) in [4.78, 5) is 21.9. The zero-order valence-corrected chi connectivity index (χ0v) is 11.3. The third kappa shape index (κ3) is 3.74. The lowest BCUT2D eigenvalue weighted by molar-refractivity contribution is -0.384. The maximum Gasteiger partial charge on any atom is 0.271 e. The second kappa shape index (κ2) is 6.76. The third-order valence-corrected chi connectivity index (χ3v) is 2.74. The molecule has 0 fully saturated rings. The summed E-state index contributed by atoms with van der Waals surface area (Å²) in [5.41, 5.74) is 3.50. The molecular formula is C15H10N4O3. The summed E-state index contributed by atoms with van der Waals surface area (Å²) in [5.74, 6) is -0.548. The lowest BCUT2D eigenvalue weighted by atomic mass is 10.2. The second-order valence-corrected chi connectivity index (χ2v) is 4.24. The van der Waals surface area contributed by atoms with E-state index in [-0.39, 0.29) is 11.3 Å². The molecule has 0 atom stereocenters. The number of nitro groups is 1. The molecule has 0 unspecified atom stereocenters. The van der Waals surface area contributed by atoms with Crippen molar-refractivity contribution in [2.45, 2.75) is 0 Å². The number of benzene rings is 2. The van der Waals surface area contributed by atoms with Crippen LogP contribution in [-0.2, 0) is 0 Å². The summed E-state index contributed by atoms with van der Waals surface area (Å²) in [6.45, 7) is 0. The van der Waals surface area contributed by atoms with E-state index in [9.17, 15) is 14.9 Å². The van der Waals surface area contributed by atoms with Crippen LogP contribution in [0.4, 0.5) is 5.69 Å². The zero-order chi connectivity index (χ0) is 15.9. The molecule has 22 heavy (non-hydrogen) atoms. The van der Waals surface area contributed by atoms with Crippen molar-refractivity contribution < 1.29 is 9.72 Å². The molecule has 0 saturated heterocycles. The maximum absolute atomic E-state index is 11.8. The normalized spacial score (nSPS) is 10.1. The molecule has 0 aromatic heterocycles. The minimum Gasteiger partial charge on any atom is -0.267 e. The van der Waals surface area contributed by atoms with Gasteiger partial charge in [0.15, 0.2) is 0 Å². The van der Waals surface area contributed by atoms with Gasteiger partial charge in [-0.25, -0.2) is 5.43 Å². The molecule has 1 N–H and O–H groups in total. The van der Waals surface area contributed by atoms with E-state index in [0.29, 0.717) is 11.1 Å². The van der Waals surface area contributed by atoms with E-state index in [0.717, 1.165) is 0 Å². The number of carbonyl (C=O) groups excluding carboxylic acids is 1. The Morgan fingerprint density at radius 1 is 1.27 bits per heavy atom. The van der Waals surface area contributed by atoms with Gasteiger partial charge in [-0.2, -0.15) is 10.4 Å². The molecule has 1 amide bonds. The highest BCUT2D eigenvalue weighted by molar-refractivity contribution is 5.95. The van der Waals surface area contributed by atoms with Gasteiger partial charge in [-0.15, -0.1) is 0 Å². The number of hydrogen-bond acceptors (Lipinski definition) is 5. The fraction of sp³-hybridized carbons (Fsp3) is 0. The van der Waals surface area contributed by atoms with Crippen LogP contribution in [0.5, 0.6) is 0 Å². The fourth-order valence-electron chi connectivity index (χ4n) is 1.63. The summed E-state index contributed by atoms with van der Waals surface area (Å²) < 4.78 is 0. The second-order valence-electron chi connectivity index (χ2n) is 4.24. The molecule has 0 aliphatic heterocycles. The lowest BCUT2D eigenvalue weighted by Gasteiger charge is -1.99. The number of nitriles is 1. The van der Waals surface area contributed by atoms with Gasteiger partial charge in [0, 0.05) is 17.7 Å². The number of non-ortho nitro benzene ring substituents is 1. The van der Waals surface area contributed by atoms with E-state index in [1.807, 2.05) is 6.07 Å². The highest BCUT2D eigenvalue weighted by Gasteiger charge is 2.10. The molecule has 2 rings (SSSR count). The first-order valence-electron chi connectivity index (χ1n) is 6.18. The van der Waals surface area contributed by atoms with E-state index in [2.05, 4.69) is 10.5 Å². The smallest absolute Gasteiger partial charge is 0.267 e. The Kier molecular flexibility index (Phi) is 4.57. The van der Waals surface area contributed by atoms with Crippen LogP contribution in [-0.4, -0.2) is 17.0 Å². The molecule has 0 bridgehead atoms.